The van der Waals surface area contributed by atoms with Crippen LogP contribution in [0.15, 0.2) is 47.0 Å². The van der Waals surface area contributed by atoms with Gasteiger partial charge in [0.25, 0.3) is 5.89 Å². The highest BCUT2D eigenvalue weighted by molar-refractivity contribution is 5.90. The Bertz CT molecular complexity index is 972. The van der Waals surface area contributed by atoms with Crippen LogP contribution >= 0.6 is 0 Å². The van der Waals surface area contributed by atoms with Crippen molar-refractivity contribution in [1.82, 2.24) is 15.0 Å². The number of hydrogen-bond acceptors (Lipinski definition) is 5. The number of aromatic nitrogens is 2. The van der Waals surface area contributed by atoms with Crippen LogP contribution in [0.25, 0.3) is 0 Å². The Hall–Kier alpha value is -3.42. The van der Waals surface area contributed by atoms with Gasteiger partial charge in [0, 0.05) is 25.7 Å². The molecule has 1 N–H and O–H groups in total. The molecule has 1 heterocycles. The van der Waals surface area contributed by atoms with E-state index in [2.05, 4.69) is 15.5 Å². The van der Waals surface area contributed by atoms with E-state index in [4.69, 9.17) is 9.26 Å². The molecule has 3 rings (SSSR count). The number of rotatable bonds is 7. The van der Waals surface area contributed by atoms with Gasteiger partial charge in [-0.25, -0.2) is 9.18 Å². The van der Waals surface area contributed by atoms with Gasteiger partial charge in [-0.2, -0.15) is 4.98 Å². The summed E-state index contributed by atoms with van der Waals surface area (Å²) in [5.74, 6) is 0.970. The van der Waals surface area contributed by atoms with E-state index in [1.165, 1.54) is 24.3 Å². The maximum atomic E-state index is 12.9. The molecule has 0 saturated heterocycles. The average Bonchev–Trinajstić information content (AvgIpc) is 3.15. The molecule has 0 unspecified atom stereocenters. The zero-order chi connectivity index (χ0) is 20.8. The number of hydrogen-bond donors (Lipinski definition) is 1. The zero-order valence-electron chi connectivity index (χ0n) is 16.6. The highest BCUT2D eigenvalue weighted by Gasteiger charge is 2.13. The molecule has 0 saturated carbocycles. The first kappa shape index (κ1) is 20.3. The van der Waals surface area contributed by atoms with Gasteiger partial charge in [-0.05, 0) is 49.7 Å². The van der Waals surface area contributed by atoms with Crippen molar-refractivity contribution < 1.29 is 18.4 Å². The van der Waals surface area contributed by atoms with Crippen LogP contribution < -0.4 is 10.1 Å². The van der Waals surface area contributed by atoms with Gasteiger partial charge in [0.05, 0.1) is 0 Å². The van der Waals surface area contributed by atoms with Crippen molar-refractivity contribution in [2.75, 3.05) is 18.9 Å². The third kappa shape index (κ3) is 5.78. The van der Waals surface area contributed by atoms with E-state index in [0.29, 0.717) is 30.4 Å². The van der Waals surface area contributed by atoms with Crippen LogP contribution in [-0.2, 0) is 13.0 Å². The first-order chi connectivity index (χ1) is 13.9. The van der Waals surface area contributed by atoms with E-state index in [9.17, 15) is 9.18 Å². The van der Waals surface area contributed by atoms with E-state index in [-0.39, 0.29) is 18.5 Å². The number of urea groups is 1. The van der Waals surface area contributed by atoms with Gasteiger partial charge in [-0.15, -0.1) is 0 Å². The van der Waals surface area contributed by atoms with Crippen molar-refractivity contribution in [3.63, 3.8) is 0 Å². The minimum atomic E-state index is -0.330. The number of carbonyl (C=O) groups excluding carboxylic acids is 1. The molecule has 8 heteroatoms. The summed E-state index contributed by atoms with van der Waals surface area (Å²) in [6.45, 7) is 4.47. The molecule has 0 bridgehead atoms. The highest BCUT2D eigenvalue weighted by atomic mass is 19.1. The fourth-order valence-corrected chi connectivity index (χ4v) is 2.66. The summed E-state index contributed by atoms with van der Waals surface area (Å²) in [5.41, 5.74) is 2.94. The molecule has 0 aliphatic carbocycles. The van der Waals surface area contributed by atoms with Gasteiger partial charge < -0.3 is 19.5 Å². The van der Waals surface area contributed by atoms with E-state index in [1.54, 1.807) is 11.9 Å². The SMILES string of the molecule is Cc1ccc(NC(=O)N(C)CCc2noc(COc3ccc(F)cc3)n2)c(C)c1. The third-order valence-corrected chi connectivity index (χ3v) is 4.33. The first-order valence-corrected chi connectivity index (χ1v) is 9.20. The molecule has 0 fully saturated rings. The van der Waals surface area contributed by atoms with Crippen LogP contribution in [0.2, 0.25) is 0 Å². The summed E-state index contributed by atoms with van der Waals surface area (Å²) in [5, 5.41) is 6.79. The number of amides is 2. The lowest BCUT2D eigenvalue weighted by atomic mass is 10.1. The Morgan fingerprint density at radius 1 is 1.21 bits per heavy atom. The van der Waals surface area contributed by atoms with Gasteiger partial charge >= 0.3 is 6.03 Å². The van der Waals surface area contributed by atoms with Crippen molar-refractivity contribution in [1.29, 1.82) is 0 Å². The zero-order valence-corrected chi connectivity index (χ0v) is 16.6. The van der Waals surface area contributed by atoms with Crippen molar-refractivity contribution in [3.05, 3.63) is 71.1 Å². The van der Waals surface area contributed by atoms with Crippen LogP contribution in [0.5, 0.6) is 5.75 Å². The number of carbonyl (C=O) groups is 1. The number of halogens is 1. The van der Waals surface area contributed by atoms with Crippen LogP contribution in [0, 0.1) is 19.7 Å². The van der Waals surface area contributed by atoms with E-state index in [1.807, 2.05) is 32.0 Å². The van der Waals surface area contributed by atoms with Crippen LogP contribution in [0.3, 0.4) is 0 Å². The lowest BCUT2D eigenvalue weighted by Gasteiger charge is -2.18. The summed E-state index contributed by atoms with van der Waals surface area (Å²) in [6.07, 6.45) is 0.441. The number of nitrogens with zero attached hydrogens (tertiary/aromatic N) is 3. The first-order valence-electron chi connectivity index (χ1n) is 9.20. The van der Waals surface area contributed by atoms with Gasteiger partial charge in [-0.3, -0.25) is 0 Å². The number of benzene rings is 2. The predicted molar refractivity (Wildman–Crippen MR) is 106 cm³/mol. The van der Waals surface area contributed by atoms with Crippen molar-refractivity contribution in [2.45, 2.75) is 26.9 Å². The maximum absolute atomic E-state index is 12.9. The van der Waals surface area contributed by atoms with E-state index >= 15 is 0 Å². The van der Waals surface area contributed by atoms with Crippen molar-refractivity contribution in [3.8, 4) is 5.75 Å². The fraction of sp³-hybridized carbons (Fsp3) is 0.286. The second kappa shape index (κ2) is 9.18. The molecule has 1 aromatic heterocycles. The molecule has 0 radical (unpaired) electrons. The number of aryl methyl sites for hydroxylation is 2. The van der Waals surface area contributed by atoms with Crippen molar-refractivity contribution in [2.24, 2.45) is 0 Å². The summed E-state index contributed by atoms with van der Waals surface area (Å²) in [6, 6.07) is 11.3. The number of ether oxygens (including phenoxy) is 1. The molecular weight excluding hydrogens is 375 g/mol. The molecule has 29 heavy (non-hydrogen) atoms. The molecule has 0 atom stereocenters. The quantitative estimate of drug-likeness (QED) is 0.648. The standard InChI is InChI=1S/C21H23FN4O3/c1-14-4-9-18(15(2)12-14)23-21(27)26(3)11-10-19-24-20(29-25-19)13-28-17-7-5-16(22)6-8-17/h4-9,12H,10-11,13H2,1-3H3,(H,23,27). The smallest absolute Gasteiger partial charge is 0.321 e. The van der Waals surface area contributed by atoms with Gasteiger partial charge in [0.1, 0.15) is 11.6 Å². The Morgan fingerprint density at radius 2 is 1.97 bits per heavy atom. The number of anilines is 1. The minimum absolute atomic E-state index is 0.0850. The fourth-order valence-electron chi connectivity index (χ4n) is 2.66. The number of nitrogens with one attached hydrogen (secondary N) is 1. The summed E-state index contributed by atoms with van der Waals surface area (Å²) in [4.78, 5) is 18.2. The molecule has 2 amide bonds. The topological polar surface area (TPSA) is 80.5 Å². The Balaban J connectivity index is 1.46. The summed E-state index contributed by atoms with van der Waals surface area (Å²) < 4.78 is 23.5. The largest absolute Gasteiger partial charge is 0.484 e. The summed E-state index contributed by atoms with van der Waals surface area (Å²) >= 11 is 0. The molecule has 2 aromatic carbocycles. The molecule has 152 valence electrons. The normalized spacial score (nSPS) is 10.6. The van der Waals surface area contributed by atoms with Crippen LogP contribution in [0.4, 0.5) is 14.9 Å². The van der Waals surface area contributed by atoms with Gasteiger partial charge in [0.15, 0.2) is 12.4 Å². The van der Waals surface area contributed by atoms with Gasteiger partial charge in [-0.1, -0.05) is 22.9 Å². The lowest BCUT2D eigenvalue weighted by molar-refractivity contribution is 0.222. The molecule has 7 nitrogen and oxygen atoms in total. The Morgan fingerprint density at radius 3 is 2.69 bits per heavy atom. The van der Waals surface area contributed by atoms with Crippen LogP contribution in [0.1, 0.15) is 22.8 Å². The highest BCUT2D eigenvalue weighted by Crippen LogP contribution is 2.16. The third-order valence-electron chi connectivity index (χ3n) is 4.33. The predicted octanol–water partition coefficient (Wildman–Crippen LogP) is 4.11. The molecular formula is C21H23FN4O3. The monoisotopic (exact) mass is 398 g/mol. The molecule has 0 spiro atoms. The molecule has 0 aliphatic heterocycles. The van der Waals surface area contributed by atoms with Gasteiger partial charge in [0.2, 0.25) is 0 Å². The summed E-state index contributed by atoms with van der Waals surface area (Å²) in [7, 11) is 1.71. The second-order valence-corrected chi connectivity index (χ2v) is 6.77. The molecule has 0 aliphatic rings. The minimum Gasteiger partial charge on any atom is -0.484 e. The lowest BCUT2D eigenvalue weighted by Crippen LogP contribution is -2.33. The average molecular weight is 398 g/mol. The van der Waals surface area contributed by atoms with E-state index < -0.39 is 0 Å². The van der Waals surface area contributed by atoms with Crippen LogP contribution in [-0.4, -0.2) is 34.7 Å². The second-order valence-electron chi connectivity index (χ2n) is 6.77. The molecule has 3 aromatic rings. The van der Waals surface area contributed by atoms with Crippen molar-refractivity contribution >= 4 is 11.7 Å². The van der Waals surface area contributed by atoms with E-state index in [0.717, 1.165) is 16.8 Å². The Kier molecular flexibility index (Phi) is 6.43. The number of likely N-dealkylation sites (N-methyl/N-ethyl adjacent to an activating group) is 1. The Labute approximate surface area is 168 Å². The maximum Gasteiger partial charge on any atom is 0.321 e.